The highest BCUT2D eigenvalue weighted by Gasteiger charge is 2.12. The minimum atomic E-state index is 0.534. The number of aromatic nitrogens is 1. The largest absolute Gasteiger partial charge is 0.379 e. The van der Waals surface area contributed by atoms with E-state index in [2.05, 4.69) is 101 Å². The van der Waals surface area contributed by atoms with Crippen LogP contribution in [0.15, 0.2) is 66.9 Å². The van der Waals surface area contributed by atoms with Gasteiger partial charge in [0.1, 0.15) is 6.07 Å². The van der Waals surface area contributed by atoms with Crippen LogP contribution in [0.2, 0.25) is 0 Å². The first kappa shape index (κ1) is 25.9. The fourth-order valence-electron chi connectivity index (χ4n) is 4.98. The van der Waals surface area contributed by atoms with Crippen molar-refractivity contribution in [3.8, 4) is 17.2 Å². The van der Waals surface area contributed by atoms with Crippen molar-refractivity contribution < 1.29 is 4.74 Å². The summed E-state index contributed by atoms with van der Waals surface area (Å²) >= 11 is 0. The molecule has 1 aromatic heterocycles. The molecule has 2 N–H and O–H groups in total. The molecule has 0 unspecified atom stereocenters. The van der Waals surface area contributed by atoms with Crippen molar-refractivity contribution in [1.29, 1.82) is 5.26 Å². The van der Waals surface area contributed by atoms with Crippen LogP contribution in [0, 0.1) is 25.2 Å². The van der Waals surface area contributed by atoms with E-state index in [0.29, 0.717) is 5.56 Å². The van der Waals surface area contributed by atoms with Gasteiger partial charge in [-0.15, -0.1) is 0 Å². The Morgan fingerprint density at radius 3 is 2.53 bits per heavy atom. The zero-order valence-corrected chi connectivity index (χ0v) is 22.3. The fourth-order valence-corrected chi connectivity index (χ4v) is 4.98. The third kappa shape index (κ3) is 6.20. The van der Waals surface area contributed by atoms with Gasteiger partial charge in [-0.05, 0) is 67.7 Å². The van der Waals surface area contributed by atoms with Crippen LogP contribution in [0.1, 0.15) is 28.7 Å². The molecule has 0 radical (unpaired) electrons. The lowest BCUT2D eigenvalue weighted by atomic mass is 10.0. The van der Waals surface area contributed by atoms with Crippen molar-refractivity contribution in [2.75, 3.05) is 44.7 Å². The molecule has 0 aliphatic carbocycles. The van der Waals surface area contributed by atoms with E-state index < -0.39 is 0 Å². The number of ether oxygens (including phenoxy) is 1. The van der Waals surface area contributed by atoms with E-state index >= 15 is 0 Å². The maximum atomic E-state index is 9.74. The number of nitriles is 1. The highest BCUT2D eigenvalue weighted by molar-refractivity contribution is 5.97. The zero-order valence-electron chi connectivity index (χ0n) is 22.3. The first-order valence-corrected chi connectivity index (χ1v) is 13.4. The Hall–Kier alpha value is -3.76. The predicted octanol–water partition coefficient (Wildman–Crippen LogP) is 5.95. The number of rotatable bonds is 9. The fraction of sp³-hybridized carbons (Fsp3) is 0.312. The smallest absolute Gasteiger partial charge is 0.103 e. The average molecular weight is 506 g/mol. The molecule has 1 fully saturated rings. The number of hydrogen-bond donors (Lipinski definition) is 2. The molecule has 38 heavy (non-hydrogen) atoms. The number of aryl methyl sites for hydroxylation is 2. The molecule has 1 aliphatic rings. The Balaban J connectivity index is 1.25. The molecular weight excluding hydrogens is 470 g/mol. The first-order valence-electron chi connectivity index (χ1n) is 13.4. The molecule has 6 nitrogen and oxygen atoms in total. The van der Waals surface area contributed by atoms with Crippen molar-refractivity contribution in [2.45, 2.75) is 26.8 Å². The lowest BCUT2D eigenvalue weighted by Crippen LogP contribution is -2.37. The van der Waals surface area contributed by atoms with Crippen LogP contribution in [0.25, 0.3) is 22.0 Å². The molecule has 0 amide bonds. The summed E-state index contributed by atoms with van der Waals surface area (Å²) in [5.41, 5.74) is 9.07. The van der Waals surface area contributed by atoms with Crippen LogP contribution in [-0.4, -0.2) is 49.3 Å². The number of hydrogen-bond acceptors (Lipinski definition) is 6. The predicted molar refractivity (Wildman–Crippen MR) is 155 cm³/mol. The van der Waals surface area contributed by atoms with Crippen LogP contribution in [0.3, 0.4) is 0 Å². The molecule has 1 saturated heterocycles. The zero-order chi connectivity index (χ0) is 26.3. The SMILES string of the molecule is Cc1ccc(Nc2c(C#N)cnc3cc(-c4ccc(CNCCCN5CCOCC5)cc4)ccc23)c(C)c1. The van der Waals surface area contributed by atoms with E-state index in [4.69, 9.17) is 4.74 Å². The summed E-state index contributed by atoms with van der Waals surface area (Å²) in [5, 5.41) is 17.7. The molecule has 2 heterocycles. The number of pyridine rings is 1. The van der Waals surface area contributed by atoms with E-state index in [1.807, 2.05) is 0 Å². The molecule has 0 bridgehead atoms. The maximum Gasteiger partial charge on any atom is 0.103 e. The topological polar surface area (TPSA) is 73.2 Å². The van der Waals surface area contributed by atoms with Gasteiger partial charge < -0.3 is 15.4 Å². The van der Waals surface area contributed by atoms with Gasteiger partial charge in [0.25, 0.3) is 0 Å². The van der Waals surface area contributed by atoms with Crippen molar-refractivity contribution >= 4 is 22.3 Å². The number of fused-ring (bicyclic) bond motifs is 1. The highest BCUT2D eigenvalue weighted by atomic mass is 16.5. The summed E-state index contributed by atoms with van der Waals surface area (Å²) in [6.07, 6.45) is 2.81. The van der Waals surface area contributed by atoms with Gasteiger partial charge in [0, 0.05) is 36.9 Å². The lowest BCUT2D eigenvalue weighted by molar-refractivity contribution is 0.0374. The average Bonchev–Trinajstić information content (AvgIpc) is 2.95. The van der Waals surface area contributed by atoms with Gasteiger partial charge in [-0.3, -0.25) is 9.88 Å². The van der Waals surface area contributed by atoms with Crippen LogP contribution in [0.4, 0.5) is 11.4 Å². The van der Waals surface area contributed by atoms with E-state index in [1.54, 1.807) is 6.20 Å². The summed E-state index contributed by atoms with van der Waals surface area (Å²) < 4.78 is 5.42. The number of benzene rings is 3. The van der Waals surface area contributed by atoms with Gasteiger partial charge in [0.2, 0.25) is 0 Å². The second kappa shape index (κ2) is 12.2. The summed E-state index contributed by atoms with van der Waals surface area (Å²) in [4.78, 5) is 7.08. The second-order valence-electron chi connectivity index (χ2n) is 10.0. The Morgan fingerprint density at radius 2 is 1.76 bits per heavy atom. The summed E-state index contributed by atoms with van der Waals surface area (Å²) in [6.45, 7) is 11.0. The van der Waals surface area contributed by atoms with Crippen molar-refractivity contribution in [1.82, 2.24) is 15.2 Å². The van der Waals surface area contributed by atoms with Gasteiger partial charge in [0.05, 0.1) is 30.0 Å². The Labute approximate surface area is 225 Å². The molecule has 4 aromatic rings. The molecule has 3 aromatic carbocycles. The van der Waals surface area contributed by atoms with Crippen molar-refractivity contribution in [2.24, 2.45) is 0 Å². The molecule has 0 spiro atoms. The monoisotopic (exact) mass is 505 g/mol. The lowest BCUT2D eigenvalue weighted by Gasteiger charge is -2.26. The molecular formula is C32H35N5O. The third-order valence-corrected chi connectivity index (χ3v) is 7.18. The molecule has 5 rings (SSSR count). The van der Waals surface area contributed by atoms with Gasteiger partial charge in [-0.25, -0.2) is 0 Å². The third-order valence-electron chi connectivity index (χ3n) is 7.18. The summed E-state index contributed by atoms with van der Waals surface area (Å²) in [5.74, 6) is 0. The van der Waals surface area contributed by atoms with Gasteiger partial charge in [-0.2, -0.15) is 5.26 Å². The van der Waals surface area contributed by atoms with Gasteiger partial charge in [0.15, 0.2) is 0 Å². The normalized spacial score (nSPS) is 13.9. The van der Waals surface area contributed by atoms with Crippen molar-refractivity contribution in [3.63, 3.8) is 0 Å². The highest BCUT2D eigenvalue weighted by Crippen LogP contribution is 2.33. The number of nitrogens with zero attached hydrogens (tertiary/aromatic N) is 3. The van der Waals surface area contributed by atoms with E-state index in [-0.39, 0.29) is 0 Å². The van der Waals surface area contributed by atoms with Crippen LogP contribution < -0.4 is 10.6 Å². The van der Waals surface area contributed by atoms with Crippen LogP contribution in [0.5, 0.6) is 0 Å². The second-order valence-corrected chi connectivity index (χ2v) is 10.0. The molecule has 6 heteroatoms. The van der Waals surface area contributed by atoms with Crippen LogP contribution >= 0.6 is 0 Å². The van der Waals surface area contributed by atoms with Crippen molar-refractivity contribution in [3.05, 3.63) is 89.1 Å². The Morgan fingerprint density at radius 1 is 0.974 bits per heavy atom. The number of anilines is 2. The minimum Gasteiger partial charge on any atom is -0.379 e. The molecule has 0 saturated carbocycles. The summed E-state index contributed by atoms with van der Waals surface area (Å²) in [6, 6.07) is 23.6. The standard InChI is InChI=1S/C32H35N5O/c1-23-4-11-30(24(2)18-23)36-32-28(20-33)22-35-31-19-27(9-10-29(31)32)26-7-5-25(6-8-26)21-34-12-3-13-37-14-16-38-17-15-37/h4-11,18-19,22,34H,3,12-17,21H2,1-2H3,(H,35,36). The quantitative estimate of drug-likeness (QED) is 0.274. The van der Waals surface area contributed by atoms with E-state index in [1.165, 1.54) is 11.1 Å². The molecule has 194 valence electrons. The maximum absolute atomic E-state index is 9.74. The molecule has 0 atom stereocenters. The van der Waals surface area contributed by atoms with Gasteiger partial charge >= 0.3 is 0 Å². The minimum absolute atomic E-state index is 0.534. The van der Waals surface area contributed by atoms with Crippen LogP contribution in [-0.2, 0) is 11.3 Å². The van der Waals surface area contributed by atoms with E-state index in [0.717, 1.165) is 91.3 Å². The Bertz CT molecular complexity index is 1440. The summed E-state index contributed by atoms with van der Waals surface area (Å²) in [7, 11) is 0. The number of morpholine rings is 1. The number of nitrogens with one attached hydrogen (secondary N) is 2. The molecule has 1 aliphatic heterocycles. The first-order chi connectivity index (χ1) is 18.6. The van der Waals surface area contributed by atoms with Gasteiger partial charge in [-0.1, -0.05) is 54.1 Å². The van der Waals surface area contributed by atoms with E-state index in [9.17, 15) is 5.26 Å². The Kier molecular flexibility index (Phi) is 8.30.